The number of esters is 1. The minimum absolute atomic E-state index is 0.0729. The standard InChI is InChI=1S/C19H36N4O3/c1-17(19(24)26-16-13-21-11-14-25-15-12-21)22-5-3-18(4-6-22)23-9-7-20(2)8-10-23/h17-18H,3-16H2,1-2H3. The lowest BCUT2D eigenvalue weighted by molar-refractivity contribution is -0.150. The van der Waals surface area contributed by atoms with Crippen LogP contribution in [0.3, 0.4) is 0 Å². The van der Waals surface area contributed by atoms with Gasteiger partial charge in [-0.1, -0.05) is 0 Å². The lowest BCUT2D eigenvalue weighted by atomic mass is 10.0. The molecule has 26 heavy (non-hydrogen) atoms. The lowest BCUT2D eigenvalue weighted by Crippen LogP contribution is -2.54. The smallest absolute Gasteiger partial charge is 0.323 e. The molecule has 0 spiro atoms. The molecule has 150 valence electrons. The number of likely N-dealkylation sites (N-methyl/N-ethyl adjacent to an activating group) is 1. The first kappa shape index (κ1) is 20.0. The van der Waals surface area contributed by atoms with Crippen LogP contribution in [0.1, 0.15) is 19.8 Å². The van der Waals surface area contributed by atoms with Gasteiger partial charge in [-0.3, -0.25) is 19.5 Å². The zero-order valence-electron chi connectivity index (χ0n) is 16.6. The summed E-state index contributed by atoms with van der Waals surface area (Å²) in [5, 5.41) is 0. The van der Waals surface area contributed by atoms with Crippen molar-refractivity contribution in [3.8, 4) is 0 Å². The molecular weight excluding hydrogens is 332 g/mol. The molecule has 0 saturated carbocycles. The fourth-order valence-corrected chi connectivity index (χ4v) is 4.20. The SMILES string of the molecule is CC(C(=O)OCCN1CCOCC1)N1CCC(N2CCN(C)CC2)CC1. The van der Waals surface area contributed by atoms with E-state index in [4.69, 9.17) is 9.47 Å². The third kappa shape index (κ3) is 5.63. The Hall–Kier alpha value is -0.730. The molecule has 3 saturated heterocycles. The third-order valence-corrected chi connectivity index (χ3v) is 6.20. The Morgan fingerprint density at radius 2 is 1.69 bits per heavy atom. The average Bonchev–Trinajstić information content (AvgIpc) is 2.69. The highest BCUT2D eigenvalue weighted by atomic mass is 16.5. The number of hydrogen-bond acceptors (Lipinski definition) is 7. The summed E-state index contributed by atoms with van der Waals surface area (Å²) in [5.74, 6) is -0.0729. The van der Waals surface area contributed by atoms with Gasteiger partial charge in [0.25, 0.3) is 0 Å². The van der Waals surface area contributed by atoms with E-state index in [2.05, 4.69) is 26.6 Å². The van der Waals surface area contributed by atoms with Gasteiger partial charge in [0.1, 0.15) is 12.6 Å². The summed E-state index contributed by atoms with van der Waals surface area (Å²) in [6, 6.07) is 0.553. The number of morpholine rings is 1. The van der Waals surface area contributed by atoms with Crippen molar-refractivity contribution in [2.75, 3.05) is 85.8 Å². The predicted octanol–water partition coefficient (Wildman–Crippen LogP) is -0.0379. The van der Waals surface area contributed by atoms with Crippen LogP contribution in [0.2, 0.25) is 0 Å². The summed E-state index contributed by atoms with van der Waals surface area (Å²) < 4.78 is 10.9. The van der Waals surface area contributed by atoms with Crippen LogP contribution in [-0.2, 0) is 14.3 Å². The van der Waals surface area contributed by atoms with Crippen molar-refractivity contribution in [3.05, 3.63) is 0 Å². The van der Waals surface area contributed by atoms with Crippen LogP contribution < -0.4 is 0 Å². The molecule has 1 unspecified atom stereocenters. The van der Waals surface area contributed by atoms with E-state index in [0.717, 1.165) is 58.8 Å². The molecule has 7 heteroatoms. The second-order valence-electron chi connectivity index (χ2n) is 7.90. The van der Waals surface area contributed by atoms with Crippen molar-refractivity contribution in [3.63, 3.8) is 0 Å². The van der Waals surface area contributed by atoms with Crippen molar-refractivity contribution in [1.82, 2.24) is 19.6 Å². The number of hydrogen-bond donors (Lipinski definition) is 0. The molecule has 0 N–H and O–H groups in total. The number of ether oxygens (including phenoxy) is 2. The number of likely N-dealkylation sites (tertiary alicyclic amines) is 1. The summed E-state index contributed by atoms with van der Waals surface area (Å²) in [6.45, 7) is 13.4. The zero-order valence-corrected chi connectivity index (χ0v) is 16.6. The molecule has 0 aromatic carbocycles. The Labute approximate surface area is 158 Å². The molecule has 3 rings (SSSR count). The van der Waals surface area contributed by atoms with Crippen molar-refractivity contribution in [2.24, 2.45) is 0 Å². The molecular formula is C19H36N4O3. The van der Waals surface area contributed by atoms with Gasteiger partial charge in [-0.2, -0.15) is 0 Å². The van der Waals surface area contributed by atoms with Gasteiger partial charge < -0.3 is 14.4 Å². The second kappa shape index (κ2) is 9.99. The van der Waals surface area contributed by atoms with E-state index < -0.39 is 0 Å². The Kier molecular flexibility index (Phi) is 7.69. The fourth-order valence-electron chi connectivity index (χ4n) is 4.20. The Balaban J connectivity index is 1.33. The first-order valence-corrected chi connectivity index (χ1v) is 10.3. The fraction of sp³-hybridized carbons (Fsp3) is 0.947. The van der Waals surface area contributed by atoms with Crippen LogP contribution in [0.4, 0.5) is 0 Å². The Morgan fingerprint density at radius 3 is 2.35 bits per heavy atom. The van der Waals surface area contributed by atoms with E-state index in [1.54, 1.807) is 0 Å². The van der Waals surface area contributed by atoms with Crippen molar-refractivity contribution < 1.29 is 14.3 Å². The van der Waals surface area contributed by atoms with Crippen LogP contribution in [0.5, 0.6) is 0 Å². The molecule has 1 atom stereocenters. The molecule has 3 aliphatic rings. The number of nitrogens with zero attached hydrogens (tertiary/aromatic N) is 4. The summed E-state index contributed by atoms with van der Waals surface area (Å²) in [7, 11) is 2.20. The molecule has 3 heterocycles. The molecule has 0 radical (unpaired) electrons. The van der Waals surface area contributed by atoms with Gasteiger partial charge >= 0.3 is 5.97 Å². The van der Waals surface area contributed by atoms with Crippen molar-refractivity contribution >= 4 is 5.97 Å². The highest BCUT2D eigenvalue weighted by Gasteiger charge is 2.31. The van der Waals surface area contributed by atoms with E-state index in [1.165, 1.54) is 26.2 Å². The maximum Gasteiger partial charge on any atom is 0.323 e. The van der Waals surface area contributed by atoms with E-state index in [-0.39, 0.29) is 12.0 Å². The highest BCUT2D eigenvalue weighted by molar-refractivity contribution is 5.75. The topological polar surface area (TPSA) is 48.5 Å². The summed E-state index contributed by atoms with van der Waals surface area (Å²) in [4.78, 5) is 22.0. The quantitative estimate of drug-likeness (QED) is 0.610. The van der Waals surface area contributed by atoms with Crippen LogP contribution in [0.15, 0.2) is 0 Å². The van der Waals surface area contributed by atoms with Crippen molar-refractivity contribution in [1.29, 1.82) is 0 Å². The van der Waals surface area contributed by atoms with Crippen molar-refractivity contribution in [2.45, 2.75) is 31.8 Å². The van der Waals surface area contributed by atoms with Gasteiger partial charge in [-0.05, 0) is 26.8 Å². The van der Waals surface area contributed by atoms with Gasteiger partial charge in [0, 0.05) is 64.9 Å². The zero-order chi connectivity index (χ0) is 18.4. The Bertz CT molecular complexity index is 429. The maximum absolute atomic E-state index is 12.4. The number of rotatable bonds is 6. The van der Waals surface area contributed by atoms with Gasteiger partial charge in [0.2, 0.25) is 0 Å². The largest absolute Gasteiger partial charge is 0.463 e. The molecule has 0 bridgehead atoms. The Morgan fingerprint density at radius 1 is 1.04 bits per heavy atom. The minimum atomic E-state index is -0.131. The minimum Gasteiger partial charge on any atom is -0.463 e. The molecule has 0 aliphatic carbocycles. The van der Waals surface area contributed by atoms with Gasteiger partial charge in [0.15, 0.2) is 0 Å². The van der Waals surface area contributed by atoms with Crippen LogP contribution in [-0.4, -0.2) is 123 Å². The lowest BCUT2D eigenvalue weighted by Gasteiger charge is -2.43. The molecule has 0 amide bonds. The monoisotopic (exact) mass is 368 g/mol. The maximum atomic E-state index is 12.4. The number of carbonyl (C=O) groups excluding carboxylic acids is 1. The second-order valence-corrected chi connectivity index (χ2v) is 7.90. The normalized spacial score (nSPS) is 26.7. The summed E-state index contributed by atoms with van der Waals surface area (Å²) in [5.41, 5.74) is 0. The molecule has 0 aromatic heterocycles. The number of piperidine rings is 1. The van der Waals surface area contributed by atoms with Crippen LogP contribution >= 0.6 is 0 Å². The first-order valence-electron chi connectivity index (χ1n) is 10.3. The average molecular weight is 369 g/mol. The third-order valence-electron chi connectivity index (χ3n) is 6.20. The van der Waals surface area contributed by atoms with Gasteiger partial charge in [-0.25, -0.2) is 0 Å². The number of piperazine rings is 1. The van der Waals surface area contributed by atoms with Crippen LogP contribution in [0.25, 0.3) is 0 Å². The predicted molar refractivity (Wildman–Crippen MR) is 101 cm³/mol. The van der Waals surface area contributed by atoms with E-state index >= 15 is 0 Å². The molecule has 3 aliphatic heterocycles. The molecule has 7 nitrogen and oxygen atoms in total. The summed E-state index contributed by atoms with van der Waals surface area (Å²) in [6.07, 6.45) is 2.32. The molecule has 3 fully saturated rings. The molecule has 0 aromatic rings. The first-order chi connectivity index (χ1) is 12.6. The van der Waals surface area contributed by atoms with Gasteiger partial charge in [-0.15, -0.1) is 0 Å². The van der Waals surface area contributed by atoms with Gasteiger partial charge in [0.05, 0.1) is 13.2 Å². The van der Waals surface area contributed by atoms with E-state index in [1.807, 2.05) is 6.92 Å². The van der Waals surface area contributed by atoms with E-state index in [9.17, 15) is 4.79 Å². The highest BCUT2D eigenvalue weighted by Crippen LogP contribution is 2.20. The van der Waals surface area contributed by atoms with Crippen LogP contribution in [0, 0.1) is 0 Å². The number of carbonyl (C=O) groups is 1. The van der Waals surface area contributed by atoms with E-state index in [0.29, 0.717) is 12.6 Å². The summed E-state index contributed by atoms with van der Waals surface area (Å²) >= 11 is 0.